The van der Waals surface area contributed by atoms with Crippen LogP contribution < -0.4 is 5.56 Å². The molecule has 0 aliphatic heterocycles. The Balaban J connectivity index is 3.20. The van der Waals surface area contributed by atoms with E-state index in [0.717, 1.165) is 6.07 Å². The number of aromatic hydroxyl groups is 1. The molecular formula is C4H4IN2O2P. The van der Waals surface area contributed by atoms with Gasteiger partial charge in [-0.05, 0) is 22.0 Å². The molecule has 1 heterocycles. The molecule has 0 spiro atoms. The molecule has 0 bridgehead atoms. The Morgan fingerprint density at radius 3 is 3.00 bits per heavy atom. The van der Waals surface area contributed by atoms with E-state index in [1.54, 1.807) is 0 Å². The first-order chi connectivity index (χ1) is 4.74. The van der Waals surface area contributed by atoms with Gasteiger partial charge in [0.05, 0.1) is 12.6 Å². The van der Waals surface area contributed by atoms with E-state index in [9.17, 15) is 4.79 Å². The predicted molar refractivity (Wildman–Crippen MR) is 47.9 cm³/mol. The maximum Gasteiger partial charge on any atom is 0.274 e. The lowest BCUT2D eigenvalue weighted by atomic mass is 10.5. The van der Waals surface area contributed by atoms with Gasteiger partial charge in [-0.15, -0.1) is 0 Å². The number of rotatable bonds is 1. The quantitative estimate of drug-likeness (QED) is 0.605. The smallest absolute Gasteiger partial charge is 0.274 e. The molecule has 1 aromatic rings. The van der Waals surface area contributed by atoms with Gasteiger partial charge in [-0.25, -0.2) is 4.45 Å². The summed E-state index contributed by atoms with van der Waals surface area (Å²) in [6, 6.07) is 1.14. The maximum atomic E-state index is 10.8. The van der Waals surface area contributed by atoms with Gasteiger partial charge in [0.25, 0.3) is 5.56 Å². The molecule has 1 unspecified atom stereocenters. The van der Waals surface area contributed by atoms with E-state index in [2.05, 4.69) is 5.10 Å². The Morgan fingerprint density at radius 1 is 1.80 bits per heavy atom. The minimum absolute atomic E-state index is 0.0871. The Labute approximate surface area is 71.6 Å². The zero-order valence-corrected chi connectivity index (χ0v) is 7.94. The van der Waals surface area contributed by atoms with Crippen molar-refractivity contribution in [3.05, 3.63) is 22.6 Å². The molecule has 1 rings (SSSR count). The fourth-order valence-corrected chi connectivity index (χ4v) is 1.80. The van der Waals surface area contributed by atoms with E-state index < -0.39 is 0 Å². The van der Waals surface area contributed by atoms with Gasteiger partial charge in [0.15, 0.2) is 0 Å². The van der Waals surface area contributed by atoms with Crippen molar-refractivity contribution in [3.63, 3.8) is 0 Å². The summed E-state index contributed by atoms with van der Waals surface area (Å²) in [4.78, 5) is 10.8. The summed E-state index contributed by atoms with van der Waals surface area (Å²) >= 11 is 2.04. The molecule has 10 heavy (non-hydrogen) atoms. The molecule has 1 N–H and O–H groups in total. The van der Waals surface area contributed by atoms with Crippen LogP contribution in [-0.4, -0.2) is 14.7 Å². The lowest BCUT2D eigenvalue weighted by Crippen LogP contribution is -2.13. The van der Waals surface area contributed by atoms with E-state index in [1.807, 2.05) is 22.0 Å². The van der Waals surface area contributed by atoms with Crippen LogP contribution in [-0.2, 0) is 0 Å². The zero-order chi connectivity index (χ0) is 7.56. The molecule has 1 atom stereocenters. The van der Waals surface area contributed by atoms with Crippen molar-refractivity contribution in [2.24, 2.45) is 0 Å². The summed E-state index contributed by atoms with van der Waals surface area (Å²) in [5, 5.41) is 12.4. The molecule has 0 aliphatic rings. The minimum atomic E-state index is -0.271. The van der Waals surface area contributed by atoms with Crippen LogP contribution >= 0.6 is 28.4 Å². The maximum absolute atomic E-state index is 10.8. The van der Waals surface area contributed by atoms with Gasteiger partial charge in [0.1, 0.15) is 5.75 Å². The molecule has 0 aliphatic carbocycles. The molecule has 0 amide bonds. The highest BCUT2D eigenvalue weighted by molar-refractivity contribution is 14.2. The minimum Gasteiger partial charge on any atom is -0.506 e. The average Bonchev–Trinajstić information content (AvgIpc) is 1.88. The molecule has 0 saturated heterocycles. The van der Waals surface area contributed by atoms with Crippen molar-refractivity contribution >= 4 is 28.4 Å². The van der Waals surface area contributed by atoms with E-state index >= 15 is 0 Å². The number of nitrogens with zero attached hydrogens (tertiary/aromatic N) is 2. The van der Waals surface area contributed by atoms with Crippen LogP contribution in [0.4, 0.5) is 0 Å². The van der Waals surface area contributed by atoms with Gasteiger partial charge >= 0.3 is 0 Å². The van der Waals surface area contributed by atoms with Gasteiger partial charge in [0.2, 0.25) is 0 Å². The molecule has 54 valence electrons. The molecule has 1 aromatic heterocycles. The number of halogens is 1. The molecule has 0 aromatic carbocycles. The second kappa shape index (κ2) is 3.30. The fraction of sp³-hybridized carbons (Fsp3) is 0. The second-order valence-electron chi connectivity index (χ2n) is 1.55. The SMILES string of the molecule is O=c1cc(O)cnn1PI. The predicted octanol–water partition coefficient (Wildman–Crippen LogP) is 0.740. The summed E-state index contributed by atoms with van der Waals surface area (Å²) in [6.07, 6.45) is 1.52. The van der Waals surface area contributed by atoms with Gasteiger partial charge in [-0.1, -0.05) is 0 Å². The normalized spacial score (nSPS) is 10.9. The Hall–Kier alpha value is -0.160. The van der Waals surface area contributed by atoms with Gasteiger partial charge in [-0.3, -0.25) is 4.79 Å². The Bertz CT molecular complexity index is 287. The third kappa shape index (κ3) is 1.67. The lowest BCUT2D eigenvalue weighted by Gasteiger charge is -1.95. The van der Waals surface area contributed by atoms with Crippen molar-refractivity contribution in [1.29, 1.82) is 0 Å². The van der Waals surface area contributed by atoms with Gasteiger partial charge < -0.3 is 5.11 Å². The fourth-order valence-electron chi connectivity index (χ4n) is 0.462. The van der Waals surface area contributed by atoms with Gasteiger partial charge in [-0.2, -0.15) is 5.10 Å². The number of aromatic nitrogens is 2. The second-order valence-corrected chi connectivity index (χ2v) is 3.59. The summed E-state index contributed by atoms with van der Waals surface area (Å²) < 4.78 is 1.28. The number of hydrogen-bond donors (Lipinski definition) is 1. The molecule has 4 nitrogen and oxygen atoms in total. The first kappa shape index (κ1) is 7.94. The summed E-state index contributed by atoms with van der Waals surface area (Å²) in [5.41, 5.74) is -0.271. The third-order valence-corrected chi connectivity index (χ3v) is 2.73. The van der Waals surface area contributed by atoms with Crippen LogP contribution in [0, 0.1) is 0 Å². The van der Waals surface area contributed by atoms with E-state index in [0.29, 0.717) is 0 Å². The standard InChI is InChI=1S/C4H4IN2O2P/c5-10-7-4(9)1-3(8)2-6-7/h1-2,8,10H. The summed E-state index contributed by atoms with van der Waals surface area (Å²) in [5.74, 6) is -0.0871. The molecular weight excluding hydrogens is 266 g/mol. The highest BCUT2D eigenvalue weighted by Gasteiger charge is 1.94. The van der Waals surface area contributed by atoms with Crippen molar-refractivity contribution < 1.29 is 5.11 Å². The van der Waals surface area contributed by atoms with Gasteiger partial charge in [0, 0.05) is 6.07 Å². The highest BCUT2D eigenvalue weighted by Crippen LogP contribution is 2.19. The van der Waals surface area contributed by atoms with Crippen molar-refractivity contribution in [1.82, 2.24) is 9.55 Å². The van der Waals surface area contributed by atoms with Crippen LogP contribution in [0.5, 0.6) is 5.75 Å². The van der Waals surface area contributed by atoms with Crippen LogP contribution in [0.15, 0.2) is 17.1 Å². The van der Waals surface area contributed by atoms with E-state index in [4.69, 9.17) is 5.11 Å². The topological polar surface area (TPSA) is 55.1 Å². The third-order valence-electron chi connectivity index (χ3n) is 0.866. The largest absolute Gasteiger partial charge is 0.506 e. The average molecular weight is 270 g/mol. The molecule has 0 fully saturated rings. The number of hydrogen-bond acceptors (Lipinski definition) is 3. The Morgan fingerprint density at radius 2 is 2.50 bits per heavy atom. The van der Waals surface area contributed by atoms with Crippen LogP contribution in [0.3, 0.4) is 0 Å². The highest BCUT2D eigenvalue weighted by atomic mass is 127. The van der Waals surface area contributed by atoms with Crippen LogP contribution in [0.2, 0.25) is 0 Å². The van der Waals surface area contributed by atoms with Crippen molar-refractivity contribution in [3.8, 4) is 5.75 Å². The summed E-state index contributed by atoms with van der Waals surface area (Å²) in [6.45, 7) is 0. The van der Waals surface area contributed by atoms with Crippen LogP contribution in [0.1, 0.15) is 0 Å². The van der Waals surface area contributed by atoms with Crippen LogP contribution in [0.25, 0.3) is 0 Å². The van der Waals surface area contributed by atoms with Crippen molar-refractivity contribution in [2.45, 2.75) is 0 Å². The van der Waals surface area contributed by atoms with E-state index in [-0.39, 0.29) is 17.7 Å². The summed E-state index contributed by atoms with van der Waals surface area (Å²) in [7, 11) is 0. The van der Waals surface area contributed by atoms with E-state index in [1.165, 1.54) is 10.6 Å². The molecule has 6 heteroatoms. The Kier molecular flexibility index (Phi) is 2.62. The lowest BCUT2D eigenvalue weighted by molar-refractivity contribution is 0.468. The molecule has 0 radical (unpaired) electrons. The first-order valence-electron chi connectivity index (χ1n) is 2.39. The first-order valence-corrected chi connectivity index (χ1v) is 6.45. The van der Waals surface area contributed by atoms with Crippen molar-refractivity contribution in [2.75, 3.05) is 0 Å². The molecule has 0 saturated carbocycles. The monoisotopic (exact) mass is 270 g/mol. The zero-order valence-electron chi connectivity index (χ0n) is 4.78.